The van der Waals surface area contributed by atoms with Gasteiger partial charge in [-0.15, -0.1) is 0 Å². The number of aromatic nitrogens is 3. The maximum Gasteiger partial charge on any atom is 0.160 e. The van der Waals surface area contributed by atoms with Crippen molar-refractivity contribution in [2.24, 2.45) is 0 Å². The van der Waals surface area contributed by atoms with Gasteiger partial charge in [0.25, 0.3) is 0 Å². The smallest absolute Gasteiger partial charge is 0.160 e. The van der Waals surface area contributed by atoms with E-state index in [-0.39, 0.29) is 0 Å². The second-order valence-corrected chi connectivity index (χ2v) is 5.11. The van der Waals surface area contributed by atoms with E-state index in [1.165, 1.54) is 0 Å². The second-order valence-electron chi connectivity index (χ2n) is 5.11. The van der Waals surface area contributed by atoms with Crippen molar-refractivity contribution in [1.82, 2.24) is 15.2 Å². The molecule has 21 heavy (non-hydrogen) atoms. The minimum Gasteiger partial charge on any atom is -0.384 e. The van der Waals surface area contributed by atoms with Gasteiger partial charge in [0, 0.05) is 18.0 Å². The fraction of sp³-hybridized carbons (Fsp3) is 0.200. The van der Waals surface area contributed by atoms with E-state index in [1.807, 2.05) is 12.1 Å². The van der Waals surface area contributed by atoms with Gasteiger partial charge >= 0.3 is 0 Å². The van der Waals surface area contributed by atoms with E-state index in [2.05, 4.69) is 20.5 Å². The summed E-state index contributed by atoms with van der Waals surface area (Å²) in [5, 5.41) is 10.7. The number of pyridine rings is 1. The molecule has 106 valence electrons. The number of aromatic amines is 1. The van der Waals surface area contributed by atoms with E-state index in [0.717, 1.165) is 42.9 Å². The maximum atomic E-state index is 13.4. The van der Waals surface area contributed by atoms with Gasteiger partial charge in [0.2, 0.25) is 0 Å². The van der Waals surface area contributed by atoms with Crippen LogP contribution in [0.4, 0.5) is 14.5 Å². The quantitative estimate of drug-likeness (QED) is 0.722. The minimum atomic E-state index is -0.889. The molecular weight excluding hydrogens is 274 g/mol. The van der Waals surface area contributed by atoms with Crippen LogP contribution in [0.1, 0.15) is 12.1 Å². The molecular formula is C15H12F2N4. The first-order chi connectivity index (χ1) is 10.2. The van der Waals surface area contributed by atoms with Gasteiger partial charge in [-0.2, -0.15) is 5.10 Å². The lowest BCUT2D eigenvalue weighted by Gasteiger charge is -2.17. The highest BCUT2D eigenvalue weighted by atomic mass is 19.2. The molecule has 0 saturated heterocycles. The minimum absolute atomic E-state index is 0.460. The van der Waals surface area contributed by atoms with Gasteiger partial charge in [-0.1, -0.05) is 0 Å². The van der Waals surface area contributed by atoms with Crippen molar-refractivity contribution in [3.63, 3.8) is 0 Å². The number of nitrogens with one attached hydrogen (secondary N) is 2. The highest BCUT2D eigenvalue weighted by Crippen LogP contribution is 2.29. The van der Waals surface area contributed by atoms with Gasteiger partial charge in [-0.3, -0.25) is 5.10 Å². The number of anilines is 1. The van der Waals surface area contributed by atoms with Gasteiger partial charge in [0.1, 0.15) is 5.69 Å². The second kappa shape index (κ2) is 4.51. The molecule has 4 rings (SSSR count). The monoisotopic (exact) mass is 286 g/mol. The summed E-state index contributed by atoms with van der Waals surface area (Å²) in [5.41, 5.74) is 3.67. The number of hydrogen-bond acceptors (Lipinski definition) is 3. The normalized spacial score (nSPS) is 14.0. The van der Waals surface area contributed by atoms with Crippen LogP contribution < -0.4 is 5.32 Å². The van der Waals surface area contributed by atoms with Crippen molar-refractivity contribution >= 4 is 16.6 Å². The molecule has 0 aliphatic carbocycles. The molecule has 0 bridgehead atoms. The summed E-state index contributed by atoms with van der Waals surface area (Å²) in [5.74, 6) is -1.77. The molecule has 0 spiro atoms. The molecule has 3 heterocycles. The van der Waals surface area contributed by atoms with Crippen LogP contribution in [0.15, 0.2) is 24.3 Å². The van der Waals surface area contributed by atoms with E-state index in [0.29, 0.717) is 22.3 Å². The predicted molar refractivity (Wildman–Crippen MR) is 76.1 cm³/mol. The van der Waals surface area contributed by atoms with Crippen molar-refractivity contribution in [2.45, 2.75) is 12.8 Å². The van der Waals surface area contributed by atoms with Gasteiger partial charge in [-0.05, 0) is 31.0 Å². The third-order valence-electron chi connectivity index (χ3n) is 3.73. The molecule has 0 fully saturated rings. The van der Waals surface area contributed by atoms with Gasteiger partial charge in [0.15, 0.2) is 11.6 Å². The largest absolute Gasteiger partial charge is 0.384 e. The van der Waals surface area contributed by atoms with Gasteiger partial charge in [-0.25, -0.2) is 13.8 Å². The molecule has 0 unspecified atom stereocenters. The fourth-order valence-corrected chi connectivity index (χ4v) is 2.67. The summed E-state index contributed by atoms with van der Waals surface area (Å²) in [7, 11) is 0. The number of hydrogen-bond donors (Lipinski definition) is 2. The Bertz CT molecular complexity index is 841. The molecule has 4 nitrogen and oxygen atoms in total. The molecule has 1 aliphatic heterocycles. The first kappa shape index (κ1) is 12.3. The van der Waals surface area contributed by atoms with Crippen LogP contribution in [0.3, 0.4) is 0 Å². The fourth-order valence-electron chi connectivity index (χ4n) is 2.67. The Morgan fingerprint density at radius 2 is 1.95 bits per heavy atom. The van der Waals surface area contributed by atoms with E-state index in [4.69, 9.17) is 0 Å². The van der Waals surface area contributed by atoms with Gasteiger partial charge in [0.05, 0.1) is 22.6 Å². The lowest BCUT2D eigenvalue weighted by Crippen LogP contribution is -2.13. The number of benzene rings is 1. The molecule has 2 aromatic heterocycles. The molecule has 0 amide bonds. The Labute approximate surface area is 119 Å². The summed E-state index contributed by atoms with van der Waals surface area (Å²) in [6.07, 6.45) is 1.94. The van der Waals surface area contributed by atoms with Crippen molar-refractivity contribution in [3.8, 4) is 11.4 Å². The van der Waals surface area contributed by atoms with E-state index >= 15 is 0 Å². The van der Waals surface area contributed by atoms with Crippen molar-refractivity contribution in [2.75, 3.05) is 11.9 Å². The van der Waals surface area contributed by atoms with Crippen LogP contribution in [-0.4, -0.2) is 21.7 Å². The summed E-state index contributed by atoms with van der Waals surface area (Å²) in [6.45, 7) is 0.948. The highest BCUT2D eigenvalue weighted by Gasteiger charge is 2.16. The predicted octanol–water partition coefficient (Wildman–Crippen LogP) is 3.26. The van der Waals surface area contributed by atoms with E-state index in [9.17, 15) is 8.78 Å². The van der Waals surface area contributed by atoms with Crippen molar-refractivity contribution in [1.29, 1.82) is 0 Å². The Hall–Kier alpha value is -2.50. The lowest BCUT2D eigenvalue weighted by molar-refractivity contribution is 0.511. The van der Waals surface area contributed by atoms with Crippen molar-refractivity contribution < 1.29 is 8.78 Å². The Morgan fingerprint density at radius 1 is 1.10 bits per heavy atom. The third-order valence-corrected chi connectivity index (χ3v) is 3.73. The average molecular weight is 286 g/mol. The number of aryl methyl sites for hydroxylation is 1. The summed E-state index contributed by atoms with van der Waals surface area (Å²) >= 11 is 0. The molecule has 6 heteroatoms. The first-order valence-electron chi connectivity index (χ1n) is 6.79. The van der Waals surface area contributed by atoms with Crippen LogP contribution in [0, 0.1) is 11.6 Å². The summed E-state index contributed by atoms with van der Waals surface area (Å²) in [6, 6.07) is 6.06. The third kappa shape index (κ3) is 1.94. The standard InChI is InChI=1S/C15H12F2N4/c16-9-6-8-14(7-10(9)17)20-21-15(8)13-4-3-11-12(19-13)2-1-5-18-11/h3-4,6-7,18H,1-2,5H2,(H,20,21). The maximum absolute atomic E-state index is 13.4. The van der Waals surface area contributed by atoms with Crippen LogP contribution in [0.2, 0.25) is 0 Å². The van der Waals surface area contributed by atoms with Gasteiger partial charge < -0.3 is 5.32 Å². The Balaban J connectivity index is 1.88. The molecule has 1 aromatic carbocycles. The molecule has 3 aromatic rings. The molecule has 1 aliphatic rings. The average Bonchev–Trinajstić information content (AvgIpc) is 2.90. The van der Waals surface area contributed by atoms with Crippen LogP contribution in [0.25, 0.3) is 22.3 Å². The molecule has 0 saturated carbocycles. The number of fused-ring (bicyclic) bond motifs is 2. The van der Waals surface area contributed by atoms with Crippen LogP contribution in [0.5, 0.6) is 0 Å². The number of rotatable bonds is 1. The topological polar surface area (TPSA) is 53.6 Å². The molecule has 0 radical (unpaired) electrons. The Kier molecular flexibility index (Phi) is 2.63. The molecule has 0 atom stereocenters. The zero-order chi connectivity index (χ0) is 14.4. The highest BCUT2D eigenvalue weighted by molar-refractivity contribution is 5.92. The Morgan fingerprint density at radius 3 is 2.86 bits per heavy atom. The zero-order valence-corrected chi connectivity index (χ0v) is 11.1. The van der Waals surface area contributed by atoms with E-state index < -0.39 is 11.6 Å². The summed E-state index contributed by atoms with van der Waals surface area (Å²) in [4.78, 5) is 4.60. The number of nitrogens with zero attached hydrogens (tertiary/aromatic N) is 2. The molecule has 2 N–H and O–H groups in total. The first-order valence-corrected chi connectivity index (χ1v) is 6.79. The SMILES string of the molecule is Fc1cc2[nH]nc(-c3ccc4c(n3)CCCN4)c2cc1F. The van der Waals surface area contributed by atoms with Crippen molar-refractivity contribution in [3.05, 3.63) is 41.6 Å². The number of H-pyrrole nitrogens is 1. The zero-order valence-electron chi connectivity index (χ0n) is 11.1. The number of halogens is 2. The summed E-state index contributed by atoms with van der Waals surface area (Å²) < 4.78 is 26.7. The van der Waals surface area contributed by atoms with Crippen LogP contribution in [-0.2, 0) is 6.42 Å². The lowest BCUT2D eigenvalue weighted by atomic mass is 10.1. The van der Waals surface area contributed by atoms with Crippen LogP contribution >= 0.6 is 0 Å². The van der Waals surface area contributed by atoms with E-state index in [1.54, 1.807) is 0 Å².